The van der Waals surface area contributed by atoms with Gasteiger partial charge >= 0.3 is 0 Å². The molecule has 90 valence electrons. The fourth-order valence-corrected chi connectivity index (χ4v) is 1.98. The normalized spacial score (nSPS) is 13.1. The lowest BCUT2D eigenvalue weighted by Gasteiger charge is -2.20. The van der Waals surface area contributed by atoms with Crippen LogP contribution >= 0.6 is 15.9 Å². The zero-order valence-electron chi connectivity index (χ0n) is 10.3. The van der Waals surface area contributed by atoms with Gasteiger partial charge in [0.1, 0.15) is 0 Å². The lowest BCUT2D eigenvalue weighted by atomic mass is 10.0. The van der Waals surface area contributed by atoms with Crippen molar-refractivity contribution in [2.45, 2.75) is 19.4 Å². The number of nitrogens with one attached hydrogen (secondary N) is 1. The Labute approximate surface area is 107 Å². The minimum absolute atomic E-state index is 0.459. The van der Waals surface area contributed by atoms with E-state index in [1.807, 2.05) is 0 Å². The monoisotopic (exact) mass is 284 g/mol. The van der Waals surface area contributed by atoms with Crippen LogP contribution < -0.4 is 5.32 Å². The Bertz CT molecular complexity index is 295. The van der Waals surface area contributed by atoms with Crippen LogP contribution in [0.1, 0.15) is 24.9 Å². The maximum absolute atomic E-state index is 3.53. The van der Waals surface area contributed by atoms with Crippen molar-refractivity contribution in [3.05, 3.63) is 34.3 Å². The lowest BCUT2D eigenvalue weighted by Crippen LogP contribution is -2.25. The van der Waals surface area contributed by atoms with Gasteiger partial charge in [-0.15, -0.1) is 0 Å². The minimum atomic E-state index is 0.459. The molecular weight excluding hydrogens is 264 g/mol. The molecule has 2 nitrogen and oxygen atoms in total. The smallest absolute Gasteiger partial charge is 0.0332 e. The highest BCUT2D eigenvalue weighted by Gasteiger charge is 2.09. The molecule has 0 aromatic heterocycles. The first-order chi connectivity index (χ1) is 7.63. The predicted octanol–water partition coefficient (Wildman–Crippen LogP) is 3.05. The Balaban J connectivity index is 2.64. The molecule has 0 bridgehead atoms. The van der Waals surface area contributed by atoms with E-state index in [9.17, 15) is 0 Å². The summed E-state index contributed by atoms with van der Waals surface area (Å²) in [4.78, 5) is 2.23. The second-order valence-corrected chi connectivity index (χ2v) is 5.17. The molecule has 3 heteroatoms. The molecule has 0 aliphatic carbocycles. The predicted molar refractivity (Wildman–Crippen MR) is 73.7 cm³/mol. The number of benzene rings is 1. The summed E-state index contributed by atoms with van der Waals surface area (Å²) in [6.45, 7) is 4.27. The molecular formula is C13H21BrN2. The van der Waals surface area contributed by atoms with Crippen LogP contribution in [-0.4, -0.2) is 32.1 Å². The van der Waals surface area contributed by atoms with Gasteiger partial charge < -0.3 is 10.2 Å². The van der Waals surface area contributed by atoms with E-state index in [0.29, 0.717) is 6.04 Å². The van der Waals surface area contributed by atoms with Gasteiger partial charge in [0.15, 0.2) is 0 Å². The molecule has 0 heterocycles. The summed E-state index contributed by atoms with van der Waals surface area (Å²) in [5, 5.41) is 3.53. The summed E-state index contributed by atoms with van der Waals surface area (Å²) in [7, 11) is 4.23. The minimum Gasteiger partial charge on any atom is -0.310 e. The Morgan fingerprint density at radius 1 is 1.25 bits per heavy atom. The molecule has 0 aliphatic heterocycles. The van der Waals surface area contributed by atoms with Gasteiger partial charge in [0.2, 0.25) is 0 Å². The highest BCUT2D eigenvalue weighted by atomic mass is 79.9. The average molecular weight is 285 g/mol. The zero-order valence-corrected chi connectivity index (χ0v) is 11.9. The van der Waals surface area contributed by atoms with Crippen LogP contribution in [0.5, 0.6) is 0 Å². The van der Waals surface area contributed by atoms with Gasteiger partial charge in [-0.3, -0.25) is 0 Å². The molecule has 0 radical (unpaired) electrons. The quantitative estimate of drug-likeness (QED) is 0.864. The van der Waals surface area contributed by atoms with Crippen LogP contribution in [0, 0.1) is 0 Å². The van der Waals surface area contributed by atoms with Gasteiger partial charge in [-0.05, 0) is 51.3 Å². The maximum Gasteiger partial charge on any atom is 0.0332 e. The Kier molecular flexibility index (Phi) is 6.03. The van der Waals surface area contributed by atoms with Gasteiger partial charge in [0.05, 0.1) is 0 Å². The van der Waals surface area contributed by atoms with Crippen LogP contribution in [0.4, 0.5) is 0 Å². The van der Waals surface area contributed by atoms with Crippen LogP contribution in [0.2, 0.25) is 0 Å². The van der Waals surface area contributed by atoms with E-state index in [1.54, 1.807) is 0 Å². The fourth-order valence-electron chi connectivity index (χ4n) is 1.72. The lowest BCUT2D eigenvalue weighted by molar-refractivity contribution is 0.363. The van der Waals surface area contributed by atoms with Gasteiger partial charge in [0, 0.05) is 10.5 Å². The molecule has 1 aromatic rings. The third-order valence-corrected chi connectivity index (χ3v) is 3.12. The van der Waals surface area contributed by atoms with E-state index in [-0.39, 0.29) is 0 Å². The summed E-state index contributed by atoms with van der Waals surface area (Å²) < 4.78 is 1.14. The molecule has 1 unspecified atom stereocenters. The van der Waals surface area contributed by atoms with E-state index in [2.05, 4.69) is 71.4 Å². The van der Waals surface area contributed by atoms with Crippen molar-refractivity contribution in [2.75, 3.05) is 27.2 Å². The molecule has 1 N–H and O–H groups in total. The van der Waals surface area contributed by atoms with Crippen LogP contribution in [0.3, 0.4) is 0 Å². The molecule has 1 atom stereocenters. The highest BCUT2D eigenvalue weighted by molar-refractivity contribution is 9.10. The van der Waals surface area contributed by atoms with E-state index >= 15 is 0 Å². The number of hydrogen-bond acceptors (Lipinski definition) is 2. The van der Waals surface area contributed by atoms with Crippen molar-refractivity contribution < 1.29 is 0 Å². The topological polar surface area (TPSA) is 15.3 Å². The van der Waals surface area contributed by atoms with Crippen molar-refractivity contribution in [1.29, 1.82) is 0 Å². The van der Waals surface area contributed by atoms with Crippen molar-refractivity contribution in [1.82, 2.24) is 10.2 Å². The first-order valence-electron chi connectivity index (χ1n) is 5.77. The van der Waals surface area contributed by atoms with Gasteiger partial charge in [-0.25, -0.2) is 0 Å². The maximum atomic E-state index is 3.53. The van der Waals surface area contributed by atoms with Crippen LogP contribution in [0.15, 0.2) is 28.7 Å². The molecule has 0 saturated heterocycles. The summed E-state index contributed by atoms with van der Waals surface area (Å²) in [5.74, 6) is 0. The SMILES string of the molecule is CCNC(CCN(C)C)c1ccc(Br)cc1. The Morgan fingerprint density at radius 2 is 1.88 bits per heavy atom. The summed E-state index contributed by atoms with van der Waals surface area (Å²) in [6, 6.07) is 9.05. The molecule has 0 spiro atoms. The highest BCUT2D eigenvalue weighted by Crippen LogP contribution is 2.19. The van der Waals surface area contributed by atoms with E-state index in [0.717, 1.165) is 24.0 Å². The third kappa shape index (κ3) is 4.64. The van der Waals surface area contributed by atoms with Crippen molar-refractivity contribution >= 4 is 15.9 Å². The molecule has 16 heavy (non-hydrogen) atoms. The van der Waals surface area contributed by atoms with E-state index in [4.69, 9.17) is 0 Å². The number of nitrogens with zero attached hydrogens (tertiary/aromatic N) is 1. The molecule has 0 amide bonds. The van der Waals surface area contributed by atoms with Crippen LogP contribution in [-0.2, 0) is 0 Å². The third-order valence-electron chi connectivity index (χ3n) is 2.59. The first kappa shape index (κ1) is 13.7. The van der Waals surface area contributed by atoms with Gasteiger partial charge in [0.25, 0.3) is 0 Å². The van der Waals surface area contributed by atoms with E-state index in [1.165, 1.54) is 5.56 Å². The Hall–Kier alpha value is -0.380. The summed E-state index contributed by atoms with van der Waals surface area (Å²) in [5.41, 5.74) is 1.37. The summed E-state index contributed by atoms with van der Waals surface area (Å²) >= 11 is 3.47. The standard InChI is InChI=1S/C13H21BrN2/c1-4-15-13(9-10-16(2)3)11-5-7-12(14)8-6-11/h5-8,13,15H,4,9-10H2,1-3H3. The second-order valence-electron chi connectivity index (χ2n) is 4.25. The molecule has 1 rings (SSSR count). The number of rotatable bonds is 6. The fraction of sp³-hybridized carbons (Fsp3) is 0.538. The second kappa shape index (κ2) is 7.05. The average Bonchev–Trinajstić information content (AvgIpc) is 2.25. The Morgan fingerprint density at radius 3 is 2.38 bits per heavy atom. The molecule has 1 aromatic carbocycles. The van der Waals surface area contributed by atoms with E-state index < -0.39 is 0 Å². The van der Waals surface area contributed by atoms with Crippen molar-refractivity contribution in [2.24, 2.45) is 0 Å². The van der Waals surface area contributed by atoms with Crippen LogP contribution in [0.25, 0.3) is 0 Å². The first-order valence-corrected chi connectivity index (χ1v) is 6.56. The van der Waals surface area contributed by atoms with Gasteiger partial charge in [-0.2, -0.15) is 0 Å². The molecule has 0 fully saturated rings. The van der Waals surface area contributed by atoms with Crippen molar-refractivity contribution in [3.63, 3.8) is 0 Å². The molecule has 0 aliphatic rings. The molecule has 0 saturated carbocycles. The van der Waals surface area contributed by atoms with Crippen molar-refractivity contribution in [3.8, 4) is 0 Å². The van der Waals surface area contributed by atoms with Gasteiger partial charge in [-0.1, -0.05) is 35.0 Å². The largest absolute Gasteiger partial charge is 0.310 e. The number of hydrogen-bond donors (Lipinski definition) is 1. The number of halogens is 1. The zero-order chi connectivity index (χ0) is 12.0. The summed E-state index contributed by atoms with van der Waals surface area (Å²) in [6.07, 6.45) is 1.14.